The standard InChI is InChI=1S/C17H23N3S/c1-19-10-12-20(13-11-19)9-4-14-21-17-7-8-18-16-6-3-2-5-15(16)17/h2-3,5-8H,4,9-14H2,1H3. The summed E-state index contributed by atoms with van der Waals surface area (Å²) < 4.78 is 0. The average molecular weight is 301 g/mol. The van der Waals surface area contributed by atoms with Gasteiger partial charge in [0, 0.05) is 42.7 Å². The maximum absolute atomic E-state index is 4.42. The Hall–Kier alpha value is -1.10. The molecule has 0 N–H and O–H groups in total. The van der Waals surface area contributed by atoms with Gasteiger partial charge in [0.25, 0.3) is 0 Å². The zero-order valence-corrected chi connectivity index (χ0v) is 13.5. The highest BCUT2D eigenvalue weighted by atomic mass is 32.2. The second kappa shape index (κ2) is 7.25. The second-order valence-corrected chi connectivity index (χ2v) is 6.81. The Morgan fingerprint density at radius 2 is 1.90 bits per heavy atom. The first-order valence-corrected chi connectivity index (χ1v) is 8.69. The topological polar surface area (TPSA) is 19.4 Å². The van der Waals surface area contributed by atoms with Crippen LogP contribution in [0.3, 0.4) is 0 Å². The van der Waals surface area contributed by atoms with Gasteiger partial charge in [-0.25, -0.2) is 0 Å². The van der Waals surface area contributed by atoms with Gasteiger partial charge in [-0.05, 0) is 37.9 Å². The van der Waals surface area contributed by atoms with Crippen LogP contribution < -0.4 is 0 Å². The van der Waals surface area contributed by atoms with Gasteiger partial charge in [-0.2, -0.15) is 0 Å². The van der Waals surface area contributed by atoms with E-state index in [0.29, 0.717) is 0 Å². The van der Waals surface area contributed by atoms with Gasteiger partial charge in [0.15, 0.2) is 0 Å². The minimum absolute atomic E-state index is 1.10. The molecule has 112 valence electrons. The normalized spacial score (nSPS) is 17.4. The van der Waals surface area contributed by atoms with Crippen LogP contribution in [0, 0.1) is 0 Å². The summed E-state index contributed by atoms with van der Waals surface area (Å²) >= 11 is 1.96. The Kier molecular flexibility index (Phi) is 5.12. The predicted molar refractivity (Wildman–Crippen MR) is 91.0 cm³/mol. The molecule has 0 spiro atoms. The van der Waals surface area contributed by atoms with Crippen molar-refractivity contribution in [3.8, 4) is 0 Å². The fourth-order valence-electron chi connectivity index (χ4n) is 2.74. The molecule has 1 aliphatic heterocycles. The summed E-state index contributed by atoms with van der Waals surface area (Å²) in [5.41, 5.74) is 1.10. The number of aromatic nitrogens is 1. The van der Waals surface area contributed by atoms with Crippen LogP contribution in [0.15, 0.2) is 41.4 Å². The number of rotatable bonds is 5. The number of para-hydroxylation sites is 1. The fraction of sp³-hybridized carbons (Fsp3) is 0.471. The maximum Gasteiger partial charge on any atom is 0.0713 e. The van der Waals surface area contributed by atoms with E-state index in [1.165, 1.54) is 55.2 Å². The van der Waals surface area contributed by atoms with Crippen molar-refractivity contribution in [2.45, 2.75) is 11.3 Å². The predicted octanol–water partition coefficient (Wildman–Crippen LogP) is 2.96. The molecular weight excluding hydrogens is 278 g/mol. The molecule has 0 saturated carbocycles. The summed E-state index contributed by atoms with van der Waals surface area (Å²) in [6.07, 6.45) is 3.18. The molecule has 4 heteroatoms. The van der Waals surface area contributed by atoms with E-state index in [4.69, 9.17) is 0 Å². The van der Waals surface area contributed by atoms with Gasteiger partial charge in [-0.1, -0.05) is 18.2 Å². The molecule has 0 unspecified atom stereocenters. The van der Waals surface area contributed by atoms with Crippen LogP contribution in [0.2, 0.25) is 0 Å². The molecule has 0 amide bonds. The van der Waals surface area contributed by atoms with Crippen molar-refractivity contribution in [3.05, 3.63) is 36.5 Å². The lowest BCUT2D eigenvalue weighted by molar-refractivity contribution is 0.154. The van der Waals surface area contributed by atoms with Gasteiger partial charge in [-0.3, -0.25) is 4.98 Å². The molecular formula is C17H23N3S. The van der Waals surface area contributed by atoms with Crippen LogP contribution in [0.4, 0.5) is 0 Å². The third-order valence-electron chi connectivity index (χ3n) is 4.08. The van der Waals surface area contributed by atoms with Crippen molar-refractivity contribution in [2.75, 3.05) is 45.5 Å². The first-order chi connectivity index (χ1) is 10.3. The molecule has 0 aliphatic carbocycles. The van der Waals surface area contributed by atoms with Crippen molar-refractivity contribution < 1.29 is 0 Å². The average Bonchev–Trinajstić information content (AvgIpc) is 2.53. The number of likely N-dealkylation sites (N-methyl/N-ethyl adjacent to an activating group) is 1. The van der Waals surface area contributed by atoms with Crippen LogP contribution in [0.1, 0.15) is 6.42 Å². The molecule has 1 aromatic heterocycles. The van der Waals surface area contributed by atoms with E-state index in [1.807, 2.05) is 18.0 Å². The lowest BCUT2D eigenvalue weighted by atomic mass is 10.2. The number of hydrogen-bond acceptors (Lipinski definition) is 4. The van der Waals surface area contributed by atoms with E-state index >= 15 is 0 Å². The van der Waals surface area contributed by atoms with Gasteiger partial charge >= 0.3 is 0 Å². The molecule has 1 aromatic carbocycles. The third kappa shape index (κ3) is 3.96. The van der Waals surface area contributed by atoms with Gasteiger partial charge in [0.2, 0.25) is 0 Å². The van der Waals surface area contributed by atoms with E-state index in [9.17, 15) is 0 Å². The van der Waals surface area contributed by atoms with Crippen LogP contribution in [0.5, 0.6) is 0 Å². The molecule has 21 heavy (non-hydrogen) atoms. The van der Waals surface area contributed by atoms with Crippen molar-refractivity contribution in [1.82, 2.24) is 14.8 Å². The number of thioether (sulfide) groups is 1. The number of fused-ring (bicyclic) bond motifs is 1. The van der Waals surface area contributed by atoms with Gasteiger partial charge in [0.05, 0.1) is 5.52 Å². The van der Waals surface area contributed by atoms with E-state index < -0.39 is 0 Å². The molecule has 1 fully saturated rings. The van der Waals surface area contributed by atoms with E-state index in [2.05, 4.69) is 52.2 Å². The highest BCUT2D eigenvalue weighted by Gasteiger charge is 2.12. The first kappa shape index (κ1) is 14.8. The van der Waals surface area contributed by atoms with E-state index in [0.717, 1.165) is 5.52 Å². The molecule has 1 saturated heterocycles. The van der Waals surface area contributed by atoms with Gasteiger partial charge < -0.3 is 9.80 Å². The summed E-state index contributed by atoms with van der Waals surface area (Å²) in [7, 11) is 2.21. The minimum Gasteiger partial charge on any atom is -0.304 e. The molecule has 0 radical (unpaired) electrons. The Morgan fingerprint density at radius 1 is 1.10 bits per heavy atom. The smallest absolute Gasteiger partial charge is 0.0713 e. The number of benzene rings is 1. The Balaban J connectivity index is 1.48. The van der Waals surface area contributed by atoms with Crippen LogP contribution in [-0.2, 0) is 0 Å². The monoisotopic (exact) mass is 301 g/mol. The molecule has 3 nitrogen and oxygen atoms in total. The lowest BCUT2D eigenvalue weighted by Gasteiger charge is -2.32. The number of hydrogen-bond donors (Lipinski definition) is 0. The number of piperazine rings is 1. The highest BCUT2D eigenvalue weighted by molar-refractivity contribution is 7.99. The molecule has 2 heterocycles. The van der Waals surface area contributed by atoms with Gasteiger partial charge in [0.1, 0.15) is 0 Å². The van der Waals surface area contributed by atoms with E-state index in [-0.39, 0.29) is 0 Å². The molecule has 0 bridgehead atoms. The Bertz CT molecular complexity index is 574. The summed E-state index contributed by atoms with van der Waals surface area (Å²) in [6, 6.07) is 10.5. The molecule has 1 aliphatic rings. The quantitative estimate of drug-likeness (QED) is 0.624. The van der Waals surface area contributed by atoms with Crippen LogP contribution in [0.25, 0.3) is 10.9 Å². The summed E-state index contributed by atoms with van der Waals surface area (Å²) in [5.74, 6) is 1.18. The molecule has 3 rings (SSSR count). The number of pyridine rings is 1. The zero-order valence-electron chi connectivity index (χ0n) is 12.7. The number of nitrogens with zero attached hydrogens (tertiary/aromatic N) is 3. The first-order valence-electron chi connectivity index (χ1n) is 7.70. The highest BCUT2D eigenvalue weighted by Crippen LogP contribution is 2.26. The Labute approximate surface area is 131 Å². The lowest BCUT2D eigenvalue weighted by Crippen LogP contribution is -2.44. The van der Waals surface area contributed by atoms with Crippen molar-refractivity contribution in [1.29, 1.82) is 0 Å². The molecule has 2 aromatic rings. The zero-order chi connectivity index (χ0) is 14.5. The van der Waals surface area contributed by atoms with Crippen molar-refractivity contribution in [2.24, 2.45) is 0 Å². The third-order valence-corrected chi connectivity index (χ3v) is 5.24. The summed E-state index contributed by atoms with van der Waals surface area (Å²) in [6.45, 7) is 6.09. The maximum atomic E-state index is 4.42. The minimum atomic E-state index is 1.10. The summed E-state index contributed by atoms with van der Waals surface area (Å²) in [5, 5.41) is 1.28. The molecule has 0 atom stereocenters. The van der Waals surface area contributed by atoms with Crippen molar-refractivity contribution >= 4 is 22.7 Å². The van der Waals surface area contributed by atoms with Crippen LogP contribution >= 0.6 is 11.8 Å². The van der Waals surface area contributed by atoms with E-state index in [1.54, 1.807) is 0 Å². The van der Waals surface area contributed by atoms with Crippen molar-refractivity contribution in [3.63, 3.8) is 0 Å². The fourth-order valence-corrected chi connectivity index (χ4v) is 3.72. The van der Waals surface area contributed by atoms with Gasteiger partial charge in [-0.15, -0.1) is 11.8 Å². The SMILES string of the molecule is CN1CCN(CCCSc2ccnc3ccccc23)CC1. The largest absolute Gasteiger partial charge is 0.304 e. The van der Waals surface area contributed by atoms with Crippen LogP contribution in [-0.4, -0.2) is 60.3 Å². The summed E-state index contributed by atoms with van der Waals surface area (Å²) in [4.78, 5) is 10.8. The second-order valence-electron chi connectivity index (χ2n) is 5.67. The Morgan fingerprint density at radius 3 is 2.76 bits per heavy atom.